The zero-order valence-corrected chi connectivity index (χ0v) is 19.1. The van der Waals surface area contributed by atoms with Gasteiger partial charge in [0, 0.05) is 24.5 Å². The first-order valence-electron chi connectivity index (χ1n) is 10.4. The number of carbonyl (C=O) groups excluding carboxylic acids is 1. The van der Waals surface area contributed by atoms with Crippen LogP contribution in [0.4, 0.5) is 0 Å². The Morgan fingerprint density at radius 1 is 1.00 bits per heavy atom. The summed E-state index contributed by atoms with van der Waals surface area (Å²) in [6, 6.07) is 20.0. The summed E-state index contributed by atoms with van der Waals surface area (Å²) < 4.78 is 2.01. The second-order valence-corrected chi connectivity index (χ2v) is 8.92. The van der Waals surface area contributed by atoms with Gasteiger partial charge in [-0.2, -0.15) is 0 Å². The van der Waals surface area contributed by atoms with Crippen LogP contribution < -0.4 is 5.32 Å². The van der Waals surface area contributed by atoms with Gasteiger partial charge in [-0.3, -0.25) is 14.3 Å². The van der Waals surface area contributed by atoms with Crippen molar-refractivity contribution >= 4 is 17.7 Å². The molecule has 0 aliphatic rings. The zero-order chi connectivity index (χ0) is 22.5. The quantitative estimate of drug-likeness (QED) is 0.418. The third-order valence-electron chi connectivity index (χ3n) is 5.28. The van der Waals surface area contributed by atoms with E-state index in [-0.39, 0.29) is 11.2 Å². The number of carbonyl (C=O) groups is 1. The van der Waals surface area contributed by atoms with E-state index >= 15 is 0 Å². The summed E-state index contributed by atoms with van der Waals surface area (Å²) in [7, 11) is 0. The lowest BCUT2D eigenvalue weighted by Crippen LogP contribution is -2.30. The monoisotopic (exact) mass is 443 g/mol. The Morgan fingerprint density at radius 2 is 1.75 bits per heavy atom. The first-order chi connectivity index (χ1) is 15.5. The molecule has 7 heteroatoms. The number of benzene rings is 2. The predicted octanol–water partition coefficient (Wildman–Crippen LogP) is 4.74. The van der Waals surface area contributed by atoms with Gasteiger partial charge in [-0.05, 0) is 61.7 Å². The highest BCUT2D eigenvalue weighted by Crippen LogP contribution is 2.30. The molecule has 0 saturated heterocycles. The van der Waals surface area contributed by atoms with Crippen molar-refractivity contribution in [3.05, 3.63) is 89.7 Å². The van der Waals surface area contributed by atoms with Crippen LogP contribution in [0, 0.1) is 13.8 Å². The van der Waals surface area contributed by atoms with Crippen molar-refractivity contribution in [3.63, 3.8) is 0 Å². The van der Waals surface area contributed by atoms with E-state index in [1.165, 1.54) is 22.9 Å². The van der Waals surface area contributed by atoms with Gasteiger partial charge in [0.2, 0.25) is 5.91 Å². The number of aromatic nitrogens is 4. The van der Waals surface area contributed by atoms with Crippen LogP contribution in [0.2, 0.25) is 0 Å². The van der Waals surface area contributed by atoms with Crippen LogP contribution in [-0.4, -0.2) is 30.9 Å². The highest BCUT2D eigenvalue weighted by Gasteiger charge is 2.22. The third-order valence-corrected chi connectivity index (χ3v) is 6.32. The van der Waals surface area contributed by atoms with Crippen LogP contribution in [0.15, 0.2) is 78.2 Å². The molecule has 0 aliphatic heterocycles. The molecule has 0 fully saturated rings. The molecule has 4 aromatic rings. The van der Waals surface area contributed by atoms with Crippen molar-refractivity contribution in [2.75, 3.05) is 0 Å². The second-order valence-electron chi connectivity index (χ2n) is 7.61. The van der Waals surface area contributed by atoms with Gasteiger partial charge in [0.15, 0.2) is 11.0 Å². The molecular formula is C25H25N5OS. The number of nitrogens with zero attached hydrogens (tertiary/aromatic N) is 4. The van der Waals surface area contributed by atoms with Gasteiger partial charge in [-0.15, -0.1) is 10.2 Å². The number of thioether (sulfide) groups is 1. The fourth-order valence-corrected chi connectivity index (χ4v) is 4.16. The molecule has 32 heavy (non-hydrogen) atoms. The minimum Gasteiger partial charge on any atom is -0.351 e. The number of hydrogen-bond donors (Lipinski definition) is 1. The number of amides is 1. The molecule has 6 nitrogen and oxygen atoms in total. The first kappa shape index (κ1) is 21.8. The molecule has 1 amide bonds. The molecule has 0 saturated carbocycles. The summed E-state index contributed by atoms with van der Waals surface area (Å²) in [4.78, 5) is 16.9. The fraction of sp³-hybridized carbons (Fsp3) is 0.200. The maximum atomic E-state index is 12.7. The van der Waals surface area contributed by atoms with Crippen LogP contribution in [0.5, 0.6) is 0 Å². The molecule has 2 aromatic heterocycles. The van der Waals surface area contributed by atoms with Crippen LogP contribution in [0.25, 0.3) is 17.1 Å². The lowest BCUT2D eigenvalue weighted by atomic mass is 10.1. The van der Waals surface area contributed by atoms with Crippen molar-refractivity contribution in [1.29, 1.82) is 0 Å². The normalized spacial score (nSPS) is 11.8. The van der Waals surface area contributed by atoms with Gasteiger partial charge in [-0.25, -0.2) is 0 Å². The van der Waals surface area contributed by atoms with E-state index in [0.717, 1.165) is 22.6 Å². The molecule has 0 aliphatic carbocycles. The maximum absolute atomic E-state index is 12.7. The zero-order valence-electron chi connectivity index (χ0n) is 18.3. The van der Waals surface area contributed by atoms with Crippen molar-refractivity contribution in [2.24, 2.45) is 0 Å². The molecule has 0 bridgehead atoms. The van der Waals surface area contributed by atoms with Crippen molar-refractivity contribution in [3.8, 4) is 17.1 Å². The fourth-order valence-electron chi connectivity index (χ4n) is 3.27. The molecule has 2 aromatic carbocycles. The Kier molecular flexibility index (Phi) is 6.66. The van der Waals surface area contributed by atoms with Crippen molar-refractivity contribution in [2.45, 2.75) is 37.7 Å². The standard InChI is InChI=1S/C25H25N5OS/c1-17-9-10-22(15-18(17)2)30-23(21-11-13-26-14-12-21)28-29-25(30)32-19(3)24(31)27-16-20-7-5-4-6-8-20/h4-15,19H,16H2,1-3H3,(H,27,31). The van der Waals surface area contributed by atoms with E-state index in [4.69, 9.17) is 0 Å². The van der Waals surface area contributed by atoms with Crippen molar-refractivity contribution < 1.29 is 4.79 Å². The molecule has 0 radical (unpaired) electrons. The smallest absolute Gasteiger partial charge is 0.233 e. The summed E-state index contributed by atoms with van der Waals surface area (Å²) in [6.45, 7) is 6.55. The van der Waals surface area contributed by atoms with Gasteiger partial charge < -0.3 is 5.32 Å². The summed E-state index contributed by atoms with van der Waals surface area (Å²) >= 11 is 1.40. The predicted molar refractivity (Wildman–Crippen MR) is 128 cm³/mol. The number of aryl methyl sites for hydroxylation is 2. The van der Waals surface area contributed by atoms with Gasteiger partial charge in [0.05, 0.1) is 10.9 Å². The molecular weight excluding hydrogens is 418 g/mol. The number of pyridine rings is 1. The molecule has 2 heterocycles. The summed E-state index contributed by atoms with van der Waals surface area (Å²) in [5.41, 5.74) is 5.34. The highest BCUT2D eigenvalue weighted by atomic mass is 32.2. The summed E-state index contributed by atoms with van der Waals surface area (Å²) in [5, 5.41) is 12.2. The van der Waals surface area contributed by atoms with Gasteiger partial charge in [-0.1, -0.05) is 48.2 Å². The Bertz CT molecular complexity index is 1210. The van der Waals surface area contributed by atoms with Crippen LogP contribution in [-0.2, 0) is 11.3 Å². The van der Waals surface area contributed by atoms with E-state index in [1.807, 2.05) is 54.0 Å². The second kappa shape index (κ2) is 9.78. The average Bonchev–Trinajstić information content (AvgIpc) is 3.24. The number of hydrogen-bond acceptors (Lipinski definition) is 5. The topological polar surface area (TPSA) is 72.7 Å². The number of rotatable bonds is 7. The number of nitrogens with one attached hydrogen (secondary N) is 1. The van der Waals surface area contributed by atoms with E-state index in [0.29, 0.717) is 11.7 Å². The summed E-state index contributed by atoms with van der Waals surface area (Å²) in [6.07, 6.45) is 3.47. The molecule has 1 atom stereocenters. The minimum atomic E-state index is -0.335. The SMILES string of the molecule is Cc1ccc(-n2c(SC(C)C(=O)NCc3ccccc3)nnc2-c2ccncc2)cc1C. The Balaban J connectivity index is 1.61. The Morgan fingerprint density at radius 3 is 2.47 bits per heavy atom. The molecule has 4 rings (SSSR count). The van der Waals surface area contributed by atoms with E-state index < -0.39 is 0 Å². The van der Waals surface area contributed by atoms with E-state index in [2.05, 4.69) is 52.5 Å². The Hall–Kier alpha value is -3.45. The Labute approximate surface area is 192 Å². The lowest BCUT2D eigenvalue weighted by Gasteiger charge is -2.15. The third kappa shape index (κ3) is 4.89. The average molecular weight is 444 g/mol. The molecule has 162 valence electrons. The minimum absolute atomic E-state index is 0.0426. The highest BCUT2D eigenvalue weighted by molar-refractivity contribution is 8.00. The lowest BCUT2D eigenvalue weighted by molar-refractivity contribution is -0.120. The maximum Gasteiger partial charge on any atom is 0.233 e. The first-order valence-corrected chi connectivity index (χ1v) is 11.3. The van der Waals surface area contributed by atoms with E-state index in [1.54, 1.807) is 12.4 Å². The largest absolute Gasteiger partial charge is 0.351 e. The van der Waals surface area contributed by atoms with Crippen molar-refractivity contribution in [1.82, 2.24) is 25.1 Å². The van der Waals surface area contributed by atoms with Crippen LogP contribution >= 0.6 is 11.8 Å². The van der Waals surface area contributed by atoms with Crippen LogP contribution in [0.3, 0.4) is 0 Å². The summed E-state index contributed by atoms with van der Waals surface area (Å²) in [5.74, 6) is 0.675. The molecule has 1 N–H and O–H groups in total. The van der Waals surface area contributed by atoms with Gasteiger partial charge in [0.1, 0.15) is 0 Å². The van der Waals surface area contributed by atoms with E-state index in [9.17, 15) is 4.79 Å². The molecule has 0 spiro atoms. The van der Waals surface area contributed by atoms with Gasteiger partial charge >= 0.3 is 0 Å². The van der Waals surface area contributed by atoms with Crippen LogP contribution in [0.1, 0.15) is 23.6 Å². The molecule has 1 unspecified atom stereocenters. The van der Waals surface area contributed by atoms with Gasteiger partial charge in [0.25, 0.3) is 0 Å².